The number of nitrogen functional groups attached to an aromatic ring is 1. The molecule has 3 N–H and O–H groups in total. The highest BCUT2D eigenvalue weighted by Crippen LogP contribution is 2.34. The topological polar surface area (TPSA) is 59.1 Å². The summed E-state index contributed by atoms with van der Waals surface area (Å²) in [4.78, 5) is 0. The van der Waals surface area contributed by atoms with Crippen molar-refractivity contribution < 1.29 is 4.74 Å². The molecule has 5 heteroatoms. The smallest absolute Gasteiger partial charge is 0.141 e. The normalized spacial score (nSPS) is 10.1. The van der Waals surface area contributed by atoms with Gasteiger partial charge in [0.15, 0.2) is 0 Å². The molecule has 0 unspecified atom stereocenters. The highest BCUT2D eigenvalue weighted by Gasteiger charge is 2.07. The second-order valence-corrected chi connectivity index (χ2v) is 5.30. The van der Waals surface area contributed by atoms with Crippen LogP contribution in [-0.4, -0.2) is 5.84 Å². The average Bonchev–Trinajstić information content (AvgIpc) is 2.34. The van der Waals surface area contributed by atoms with Crippen molar-refractivity contribution in [3.8, 4) is 11.5 Å². The summed E-state index contributed by atoms with van der Waals surface area (Å²) in [5, 5.41) is 7.37. The van der Waals surface area contributed by atoms with E-state index in [0.717, 1.165) is 14.7 Å². The third-order valence-electron chi connectivity index (χ3n) is 2.30. The fourth-order valence-corrected chi connectivity index (χ4v) is 2.22. The van der Waals surface area contributed by atoms with Gasteiger partial charge in [-0.1, -0.05) is 12.1 Å². The maximum atomic E-state index is 7.37. The Kier molecular flexibility index (Phi) is 4.04. The fraction of sp³-hybridized carbons (Fsp3) is 0. The van der Waals surface area contributed by atoms with Crippen LogP contribution in [0.3, 0.4) is 0 Å². The summed E-state index contributed by atoms with van der Waals surface area (Å²) in [6.07, 6.45) is 0. The van der Waals surface area contributed by atoms with Gasteiger partial charge in [-0.05, 0) is 62.2 Å². The van der Waals surface area contributed by atoms with E-state index in [1.807, 2.05) is 24.3 Å². The first-order valence-electron chi connectivity index (χ1n) is 5.14. The van der Waals surface area contributed by atoms with Crippen molar-refractivity contribution in [2.45, 2.75) is 0 Å². The molecule has 0 amide bonds. The third kappa shape index (κ3) is 2.91. The summed E-state index contributed by atoms with van der Waals surface area (Å²) >= 11 is 6.83. The van der Waals surface area contributed by atoms with E-state index in [1.165, 1.54) is 0 Å². The van der Waals surface area contributed by atoms with Gasteiger partial charge in [0.05, 0.1) is 8.95 Å². The number of benzene rings is 2. The predicted molar refractivity (Wildman–Crippen MR) is 79.4 cm³/mol. The third-order valence-corrected chi connectivity index (χ3v) is 3.57. The minimum atomic E-state index is 0.0307. The largest absolute Gasteiger partial charge is 0.455 e. The lowest BCUT2D eigenvalue weighted by molar-refractivity contribution is 0.476. The van der Waals surface area contributed by atoms with Crippen LogP contribution in [-0.2, 0) is 0 Å². The fourth-order valence-electron chi connectivity index (χ4n) is 1.40. The van der Waals surface area contributed by atoms with Crippen LogP contribution in [0.15, 0.2) is 51.4 Å². The van der Waals surface area contributed by atoms with Gasteiger partial charge in [0.2, 0.25) is 0 Å². The quantitative estimate of drug-likeness (QED) is 0.626. The van der Waals surface area contributed by atoms with E-state index in [1.54, 1.807) is 18.2 Å². The number of ether oxygens (including phenoxy) is 1. The highest BCUT2D eigenvalue weighted by molar-refractivity contribution is 9.11. The first kappa shape index (κ1) is 13.1. The second kappa shape index (κ2) is 5.54. The first-order chi connectivity index (χ1) is 8.58. The van der Waals surface area contributed by atoms with Crippen molar-refractivity contribution in [2.24, 2.45) is 5.73 Å². The molecule has 0 atom stereocenters. The maximum Gasteiger partial charge on any atom is 0.141 e. The molecule has 92 valence electrons. The van der Waals surface area contributed by atoms with Gasteiger partial charge < -0.3 is 10.5 Å². The van der Waals surface area contributed by atoms with E-state index >= 15 is 0 Å². The summed E-state index contributed by atoms with van der Waals surface area (Å²) in [5.41, 5.74) is 6.08. The van der Waals surface area contributed by atoms with Gasteiger partial charge >= 0.3 is 0 Å². The van der Waals surface area contributed by atoms with Crippen LogP contribution in [0.1, 0.15) is 5.56 Å². The predicted octanol–water partition coefficient (Wildman–Crippen LogP) is 4.29. The Morgan fingerprint density at radius 1 is 1.00 bits per heavy atom. The molecule has 2 aromatic carbocycles. The Morgan fingerprint density at radius 3 is 2.28 bits per heavy atom. The summed E-state index contributed by atoms with van der Waals surface area (Å²) in [5.74, 6) is 1.43. The van der Waals surface area contributed by atoms with Crippen LogP contribution in [0, 0.1) is 5.41 Å². The highest BCUT2D eigenvalue weighted by atomic mass is 79.9. The Labute approximate surface area is 122 Å². The number of hydrogen-bond acceptors (Lipinski definition) is 2. The summed E-state index contributed by atoms with van der Waals surface area (Å²) in [6.45, 7) is 0. The van der Waals surface area contributed by atoms with Crippen molar-refractivity contribution in [2.75, 3.05) is 0 Å². The second-order valence-electron chi connectivity index (χ2n) is 3.59. The first-order valence-corrected chi connectivity index (χ1v) is 6.73. The Hall–Kier alpha value is -1.33. The van der Waals surface area contributed by atoms with Gasteiger partial charge in [0, 0.05) is 5.56 Å². The van der Waals surface area contributed by atoms with E-state index in [0.29, 0.717) is 11.3 Å². The molecule has 0 aliphatic carbocycles. The van der Waals surface area contributed by atoms with Gasteiger partial charge in [-0.15, -0.1) is 0 Å². The van der Waals surface area contributed by atoms with E-state index in [9.17, 15) is 0 Å². The standard InChI is InChI=1S/C13H10Br2N2O/c14-9-3-1-2-4-11(9)18-12-6-5-8(13(16)17)7-10(12)15/h1-7H,(H3,16,17). The van der Waals surface area contributed by atoms with Crippen LogP contribution < -0.4 is 10.5 Å². The van der Waals surface area contributed by atoms with Gasteiger partial charge in [0.25, 0.3) is 0 Å². The molecule has 0 aromatic heterocycles. The molecule has 0 heterocycles. The van der Waals surface area contributed by atoms with Crippen LogP contribution in [0.25, 0.3) is 0 Å². The summed E-state index contributed by atoms with van der Waals surface area (Å²) in [6, 6.07) is 12.9. The minimum absolute atomic E-state index is 0.0307. The molecule has 0 spiro atoms. The van der Waals surface area contributed by atoms with Crippen LogP contribution in [0.2, 0.25) is 0 Å². The van der Waals surface area contributed by atoms with Crippen LogP contribution >= 0.6 is 31.9 Å². The molecule has 0 fully saturated rings. The average molecular weight is 370 g/mol. The Balaban J connectivity index is 2.30. The molecule has 0 radical (unpaired) electrons. The number of hydrogen-bond donors (Lipinski definition) is 2. The molecule has 0 bridgehead atoms. The molecule has 3 nitrogen and oxygen atoms in total. The number of amidine groups is 1. The number of rotatable bonds is 3. The molecular formula is C13H10Br2N2O. The Bertz CT molecular complexity index is 599. The number of nitrogens with two attached hydrogens (primary N) is 1. The van der Waals surface area contributed by atoms with Crippen molar-refractivity contribution in [3.63, 3.8) is 0 Å². The molecule has 18 heavy (non-hydrogen) atoms. The van der Waals surface area contributed by atoms with E-state index in [-0.39, 0.29) is 5.84 Å². The lowest BCUT2D eigenvalue weighted by atomic mass is 10.2. The molecule has 2 aromatic rings. The number of nitrogens with one attached hydrogen (secondary N) is 1. The zero-order valence-electron chi connectivity index (χ0n) is 9.28. The van der Waals surface area contributed by atoms with E-state index in [4.69, 9.17) is 15.9 Å². The SMILES string of the molecule is N=C(N)c1ccc(Oc2ccccc2Br)c(Br)c1. The molecule has 0 aliphatic heterocycles. The van der Waals surface area contributed by atoms with Gasteiger partial charge in [-0.2, -0.15) is 0 Å². The monoisotopic (exact) mass is 368 g/mol. The molecular weight excluding hydrogens is 360 g/mol. The van der Waals surface area contributed by atoms with Crippen molar-refractivity contribution in [1.82, 2.24) is 0 Å². The van der Waals surface area contributed by atoms with Gasteiger partial charge in [-0.3, -0.25) is 5.41 Å². The number of para-hydroxylation sites is 1. The van der Waals surface area contributed by atoms with Gasteiger partial charge in [0.1, 0.15) is 17.3 Å². The maximum absolute atomic E-state index is 7.37. The summed E-state index contributed by atoms with van der Waals surface area (Å²) < 4.78 is 7.41. The molecule has 0 saturated heterocycles. The lowest BCUT2D eigenvalue weighted by Crippen LogP contribution is -2.10. The van der Waals surface area contributed by atoms with Crippen LogP contribution in [0.5, 0.6) is 11.5 Å². The Morgan fingerprint density at radius 2 is 1.67 bits per heavy atom. The molecule has 2 rings (SSSR count). The minimum Gasteiger partial charge on any atom is -0.455 e. The van der Waals surface area contributed by atoms with Crippen molar-refractivity contribution in [1.29, 1.82) is 5.41 Å². The van der Waals surface area contributed by atoms with Crippen molar-refractivity contribution in [3.05, 3.63) is 57.0 Å². The molecule has 0 aliphatic rings. The zero-order valence-corrected chi connectivity index (χ0v) is 12.5. The zero-order chi connectivity index (χ0) is 13.1. The molecule has 0 saturated carbocycles. The summed E-state index contributed by atoms with van der Waals surface area (Å²) in [7, 11) is 0. The van der Waals surface area contributed by atoms with Crippen molar-refractivity contribution >= 4 is 37.7 Å². The van der Waals surface area contributed by atoms with E-state index in [2.05, 4.69) is 31.9 Å². The number of halogens is 2. The van der Waals surface area contributed by atoms with E-state index < -0.39 is 0 Å². The lowest BCUT2D eigenvalue weighted by Gasteiger charge is -2.10. The van der Waals surface area contributed by atoms with Crippen LogP contribution in [0.4, 0.5) is 0 Å². The van der Waals surface area contributed by atoms with Gasteiger partial charge in [-0.25, -0.2) is 0 Å².